The minimum absolute atomic E-state index is 0.491. The number of aromatic nitrogens is 2. The lowest BCUT2D eigenvalue weighted by atomic mass is 10.2. The minimum Gasteiger partial charge on any atom is -0.369 e. The van der Waals surface area contributed by atoms with Crippen LogP contribution in [0.1, 0.15) is 5.56 Å². The third-order valence-electron chi connectivity index (χ3n) is 2.12. The third kappa shape index (κ3) is 1.47. The summed E-state index contributed by atoms with van der Waals surface area (Å²) in [6, 6.07) is 7.91. The van der Waals surface area contributed by atoms with Crippen molar-refractivity contribution in [2.75, 3.05) is 5.73 Å². The Hall–Kier alpha value is -1.81. The number of hydrogen-bond acceptors (Lipinski definition) is 3. The van der Waals surface area contributed by atoms with Gasteiger partial charge < -0.3 is 11.5 Å². The van der Waals surface area contributed by atoms with Gasteiger partial charge in [0.1, 0.15) is 0 Å². The number of nitrogens with zero attached hydrogens (tertiary/aromatic N) is 2. The molecule has 72 valence electrons. The van der Waals surface area contributed by atoms with Crippen molar-refractivity contribution >= 4 is 5.95 Å². The van der Waals surface area contributed by atoms with Gasteiger partial charge in [0.2, 0.25) is 5.95 Å². The fourth-order valence-corrected chi connectivity index (χ4v) is 1.33. The lowest BCUT2D eigenvalue weighted by Gasteiger charge is -2.04. The van der Waals surface area contributed by atoms with E-state index < -0.39 is 0 Å². The van der Waals surface area contributed by atoms with Crippen molar-refractivity contribution in [1.29, 1.82) is 0 Å². The highest BCUT2D eigenvalue weighted by atomic mass is 15.1. The maximum absolute atomic E-state index is 5.67. The van der Waals surface area contributed by atoms with E-state index in [1.165, 1.54) is 0 Å². The van der Waals surface area contributed by atoms with Crippen LogP contribution in [0, 0.1) is 0 Å². The van der Waals surface area contributed by atoms with Gasteiger partial charge in [0, 0.05) is 24.6 Å². The zero-order valence-electron chi connectivity index (χ0n) is 7.72. The van der Waals surface area contributed by atoms with E-state index in [-0.39, 0.29) is 0 Å². The van der Waals surface area contributed by atoms with E-state index in [1.807, 2.05) is 35.0 Å². The van der Waals surface area contributed by atoms with Crippen LogP contribution in [0.15, 0.2) is 36.7 Å². The number of rotatable bonds is 2. The lowest BCUT2D eigenvalue weighted by molar-refractivity contribution is 1.04. The third-order valence-corrected chi connectivity index (χ3v) is 2.12. The molecule has 4 N–H and O–H groups in total. The van der Waals surface area contributed by atoms with Gasteiger partial charge in [-0.1, -0.05) is 12.1 Å². The first-order valence-corrected chi connectivity index (χ1v) is 4.39. The molecule has 0 aliphatic rings. The SMILES string of the molecule is NCc1ccc(-n2ccnc2N)cc1. The molecular formula is C10H12N4. The Bertz CT molecular complexity index is 416. The molecule has 0 radical (unpaired) electrons. The first kappa shape index (κ1) is 8.77. The van der Waals surface area contributed by atoms with Gasteiger partial charge in [-0.15, -0.1) is 0 Å². The molecule has 0 bridgehead atoms. The molecule has 4 nitrogen and oxygen atoms in total. The number of benzene rings is 1. The minimum atomic E-state index is 0.491. The highest BCUT2D eigenvalue weighted by Crippen LogP contribution is 2.12. The largest absolute Gasteiger partial charge is 0.369 e. The second kappa shape index (κ2) is 3.51. The van der Waals surface area contributed by atoms with Gasteiger partial charge in [-0.05, 0) is 17.7 Å². The topological polar surface area (TPSA) is 69.9 Å². The maximum atomic E-state index is 5.67. The van der Waals surface area contributed by atoms with E-state index in [0.29, 0.717) is 12.5 Å². The smallest absolute Gasteiger partial charge is 0.204 e. The second-order valence-corrected chi connectivity index (χ2v) is 3.03. The molecule has 1 aromatic carbocycles. The summed E-state index contributed by atoms with van der Waals surface area (Å²) in [5, 5.41) is 0. The average molecular weight is 188 g/mol. The van der Waals surface area contributed by atoms with Crippen molar-refractivity contribution in [2.24, 2.45) is 5.73 Å². The van der Waals surface area contributed by atoms with Gasteiger partial charge in [-0.3, -0.25) is 4.57 Å². The van der Waals surface area contributed by atoms with Crippen LogP contribution in [0.2, 0.25) is 0 Å². The van der Waals surface area contributed by atoms with Crippen LogP contribution < -0.4 is 11.5 Å². The Morgan fingerprint density at radius 1 is 1.21 bits per heavy atom. The molecule has 0 saturated carbocycles. The predicted octanol–water partition coefficient (Wildman–Crippen LogP) is 0.913. The van der Waals surface area contributed by atoms with Crippen LogP contribution in [-0.4, -0.2) is 9.55 Å². The lowest BCUT2D eigenvalue weighted by Crippen LogP contribution is -2.00. The van der Waals surface area contributed by atoms with Crippen molar-refractivity contribution < 1.29 is 0 Å². The standard InChI is InChI=1S/C10H12N4/c11-7-8-1-3-9(4-2-8)14-6-5-13-10(14)12/h1-6H,7,11H2,(H2,12,13). The molecule has 0 aliphatic heterocycles. The quantitative estimate of drug-likeness (QED) is 0.736. The summed E-state index contributed by atoms with van der Waals surface area (Å²) in [5.74, 6) is 0.491. The highest BCUT2D eigenvalue weighted by Gasteiger charge is 1.99. The van der Waals surface area contributed by atoms with Gasteiger partial charge >= 0.3 is 0 Å². The number of anilines is 1. The maximum Gasteiger partial charge on any atom is 0.204 e. The molecule has 0 saturated heterocycles. The molecule has 4 heteroatoms. The summed E-state index contributed by atoms with van der Waals surface area (Å²) in [4.78, 5) is 3.95. The van der Waals surface area contributed by atoms with Crippen LogP contribution in [0.4, 0.5) is 5.95 Å². The monoisotopic (exact) mass is 188 g/mol. The van der Waals surface area contributed by atoms with E-state index in [0.717, 1.165) is 11.3 Å². The van der Waals surface area contributed by atoms with Crippen LogP contribution >= 0.6 is 0 Å². The molecular weight excluding hydrogens is 176 g/mol. The van der Waals surface area contributed by atoms with Gasteiger partial charge in [0.15, 0.2) is 0 Å². The van der Waals surface area contributed by atoms with Gasteiger partial charge in [0.25, 0.3) is 0 Å². The number of hydrogen-bond donors (Lipinski definition) is 2. The predicted molar refractivity (Wildman–Crippen MR) is 55.9 cm³/mol. The fourth-order valence-electron chi connectivity index (χ4n) is 1.33. The van der Waals surface area contributed by atoms with Crippen LogP contribution in [0.25, 0.3) is 5.69 Å². The Kier molecular flexibility index (Phi) is 2.20. The highest BCUT2D eigenvalue weighted by molar-refractivity contribution is 5.40. The number of nitrogen functional groups attached to an aromatic ring is 1. The Morgan fingerprint density at radius 2 is 1.93 bits per heavy atom. The summed E-state index contributed by atoms with van der Waals surface area (Å²) in [6.07, 6.45) is 3.50. The normalized spacial score (nSPS) is 10.4. The molecule has 2 aromatic rings. The Balaban J connectivity index is 2.39. The van der Waals surface area contributed by atoms with E-state index in [2.05, 4.69) is 4.98 Å². The van der Waals surface area contributed by atoms with E-state index in [9.17, 15) is 0 Å². The van der Waals surface area contributed by atoms with Crippen molar-refractivity contribution in [1.82, 2.24) is 9.55 Å². The Morgan fingerprint density at radius 3 is 2.43 bits per heavy atom. The summed E-state index contributed by atoms with van der Waals surface area (Å²) in [5.41, 5.74) is 13.3. The Labute approximate surface area is 82.2 Å². The van der Waals surface area contributed by atoms with Crippen molar-refractivity contribution in [3.05, 3.63) is 42.2 Å². The second-order valence-electron chi connectivity index (χ2n) is 3.03. The molecule has 0 spiro atoms. The zero-order chi connectivity index (χ0) is 9.97. The van der Waals surface area contributed by atoms with Crippen molar-refractivity contribution in [3.8, 4) is 5.69 Å². The first-order valence-electron chi connectivity index (χ1n) is 4.39. The zero-order valence-corrected chi connectivity index (χ0v) is 7.72. The summed E-state index contributed by atoms with van der Waals surface area (Å²) in [6.45, 7) is 0.555. The van der Waals surface area contributed by atoms with E-state index in [4.69, 9.17) is 11.5 Å². The van der Waals surface area contributed by atoms with Gasteiger partial charge in [-0.2, -0.15) is 0 Å². The van der Waals surface area contributed by atoms with E-state index >= 15 is 0 Å². The van der Waals surface area contributed by atoms with Crippen LogP contribution in [0.3, 0.4) is 0 Å². The van der Waals surface area contributed by atoms with Crippen LogP contribution in [-0.2, 0) is 6.54 Å². The molecule has 0 unspecified atom stereocenters. The first-order chi connectivity index (χ1) is 6.81. The molecule has 0 fully saturated rings. The van der Waals surface area contributed by atoms with Crippen molar-refractivity contribution in [3.63, 3.8) is 0 Å². The molecule has 14 heavy (non-hydrogen) atoms. The molecule has 1 aromatic heterocycles. The van der Waals surface area contributed by atoms with Crippen molar-refractivity contribution in [2.45, 2.75) is 6.54 Å². The fraction of sp³-hybridized carbons (Fsp3) is 0.100. The summed E-state index contributed by atoms with van der Waals surface area (Å²) in [7, 11) is 0. The molecule has 1 heterocycles. The molecule has 0 aliphatic carbocycles. The molecule has 0 atom stereocenters. The van der Waals surface area contributed by atoms with Gasteiger partial charge in [0.05, 0.1) is 0 Å². The molecule has 0 amide bonds. The van der Waals surface area contributed by atoms with E-state index in [1.54, 1.807) is 6.20 Å². The average Bonchev–Trinajstić information content (AvgIpc) is 2.65. The number of imidazole rings is 1. The number of nitrogens with two attached hydrogens (primary N) is 2. The van der Waals surface area contributed by atoms with Crippen LogP contribution in [0.5, 0.6) is 0 Å². The summed E-state index contributed by atoms with van der Waals surface area (Å²) >= 11 is 0. The summed E-state index contributed by atoms with van der Waals surface area (Å²) < 4.78 is 1.82. The molecule has 2 rings (SSSR count). The van der Waals surface area contributed by atoms with Gasteiger partial charge in [-0.25, -0.2) is 4.98 Å².